The molecule has 6 nitrogen and oxygen atoms in total. The second kappa shape index (κ2) is 9.08. The molecule has 1 aliphatic rings. The van der Waals surface area contributed by atoms with Crippen molar-refractivity contribution in [2.45, 2.75) is 37.7 Å². The maximum Gasteiger partial charge on any atom is 0.435 e. The lowest BCUT2D eigenvalue weighted by Crippen LogP contribution is -2.34. The fourth-order valence-corrected chi connectivity index (χ4v) is 2.95. The van der Waals surface area contributed by atoms with Crippen LogP contribution < -0.4 is 5.32 Å². The number of H-pyrrole nitrogens is 1. The van der Waals surface area contributed by atoms with Crippen molar-refractivity contribution < 1.29 is 35.9 Å². The van der Waals surface area contributed by atoms with Crippen molar-refractivity contribution >= 4 is 11.7 Å². The number of aromatic amines is 1. The summed E-state index contributed by atoms with van der Waals surface area (Å²) >= 11 is 0. The smallest absolute Gasteiger partial charge is 0.381 e. The molecular formula is C19H18F6N4O2. The van der Waals surface area contributed by atoms with Gasteiger partial charge in [-0.3, -0.25) is 14.9 Å². The van der Waals surface area contributed by atoms with Gasteiger partial charge < -0.3 is 10.1 Å². The number of rotatable bonds is 4. The Morgan fingerprint density at radius 1 is 1.10 bits per heavy atom. The summed E-state index contributed by atoms with van der Waals surface area (Å²) in [5, 5.41) is 7.97. The lowest BCUT2D eigenvalue weighted by atomic mass is 10.1. The van der Waals surface area contributed by atoms with E-state index in [2.05, 4.69) is 20.5 Å². The van der Waals surface area contributed by atoms with Crippen molar-refractivity contribution in [2.75, 3.05) is 13.2 Å². The molecule has 0 radical (unpaired) electrons. The maximum atomic E-state index is 12.8. The van der Waals surface area contributed by atoms with Crippen LogP contribution in [0, 0.1) is 0 Å². The Labute approximate surface area is 172 Å². The molecule has 168 valence electrons. The molecule has 0 atom stereocenters. The summed E-state index contributed by atoms with van der Waals surface area (Å²) in [6, 6.07) is 4.18. The normalized spacial score (nSPS) is 16.4. The largest absolute Gasteiger partial charge is 0.435 e. The molecule has 12 heteroatoms. The van der Waals surface area contributed by atoms with Crippen molar-refractivity contribution in [3.8, 4) is 0 Å². The minimum absolute atomic E-state index is 0.0479. The first-order valence-corrected chi connectivity index (χ1v) is 9.27. The third-order valence-electron chi connectivity index (χ3n) is 4.54. The van der Waals surface area contributed by atoms with Gasteiger partial charge in [0.1, 0.15) is 5.84 Å². The van der Waals surface area contributed by atoms with Crippen LogP contribution in [0.2, 0.25) is 0 Å². The van der Waals surface area contributed by atoms with Crippen LogP contribution >= 0.6 is 0 Å². The second-order valence-corrected chi connectivity index (χ2v) is 6.90. The van der Waals surface area contributed by atoms with Crippen LogP contribution in [0.25, 0.3) is 0 Å². The van der Waals surface area contributed by atoms with Gasteiger partial charge in [-0.15, -0.1) is 0 Å². The van der Waals surface area contributed by atoms with E-state index in [1.54, 1.807) is 0 Å². The van der Waals surface area contributed by atoms with Crippen LogP contribution in [0.4, 0.5) is 26.3 Å². The van der Waals surface area contributed by atoms with Crippen LogP contribution in [0.3, 0.4) is 0 Å². The number of benzene rings is 1. The molecule has 1 aromatic heterocycles. The van der Waals surface area contributed by atoms with E-state index in [1.807, 2.05) is 0 Å². The zero-order chi connectivity index (χ0) is 22.6. The summed E-state index contributed by atoms with van der Waals surface area (Å²) in [5.74, 6) is -0.649. The third kappa shape index (κ3) is 6.29. The number of carbonyl (C=O) groups is 1. The van der Waals surface area contributed by atoms with E-state index in [4.69, 9.17) is 4.74 Å². The summed E-state index contributed by atoms with van der Waals surface area (Å²) in [7, 11) is 0. The summed E-state index contributed by atoms with van der Waals surface area (Å²) in [4.78, 5) is 16.9. The molecule has 0 bridgehead atoms. The number of carbonyl (C=O) groups excluding carboxylic acids is 1. The van der Waals surface area contributed by atoms with Crippen molar-refractivity contribution in [1.29, 1.82) is 0 Å². The Bertz CT molecular complexity index is 928. The number of hydrogen-bond acceptors (Lipinski definition) is 4. The molecule has 1 amide bonds. The zero-order valence-corrected chi connectivity index (χ0v) is 16.0. The lowest BCUT2D eigenvalue weighted by molar-refractivity contribution is -0.141. The first kappa shape index (κ1) is 22.8. The molecule has 0 spiro atoms. The Morgan fingerprint density at radius 2 is 1.74 bits per heavy atom. The number of alkyl halides is 6. The molecule has 2 aromatic rings. The van der Waals surface area contributed by atoms with Crippen LogP contribution in [0.1, 0.15) is 40.2 Å². The number of halogens is 6. The summed E-state index contributed by atoms with van der Waals surface area (Å²) in [5.41, 5.74) is -1.99. The molecule has 31 heavy (non-hydrogen) atoms. The summed E-state index contributed by atoms with van der Waals surface area (Å²) in [6.07, 6.45) is -8.21. The number of hydrogen-bond donors (Lipinski definition) is 2. The van der Waals surface area contributed by atoms with Gasteiger partial charge in [0.15, 0.2) is 5.69 Å². The number of ether oxygens (including phenoxy) is 1. The van der Waals surface area contributed by atoms with Gasteiger partial charge in [0, 0.05) is 30.9 Å². The van der Waals surface area contributed by atoms with E-state index in [0.717, 1.165) is 30.3 Å². The summed E-state index contributed by atoms with van der Waals surface area (Å²) in [6.45, 7) is 0.910. The minimum atomic E-state index is -4.63. The van der Waals surface area contributed by atoms with Gasteiger partial charge in [0.25, 0.3) is 5.91 Å². The van der Waals surface area contributed by atoms with Crippen molar-refractivity contribution in [3.63, 3.8) is 0 Å². The molecule has 1 aliphatic heterocycles. The highest BCUT2D eigenvalue weighted by atomic mass is 19.4. The second-order valence-electron chi connectivity index (χ2n) is 6.90. The molecule has 0 unspecified atom stereocenters. The Morgan fingerprint density at radius 3 is 2.29 bits per heavy atom. The van der Waals surface area contributed by atoms with Crippen LogP contribution in [0.5, 0.6) is 0 Å². The minimum Gasteiger partial charge on any atom is -0.381 e. The molecular weight excluding hydrogens is 430 g/mol. The Hall–Kier alpha value is -2.89. The highest BCUT2D eigenvalue weighted by molar-refractivity contribution is 6.06. The van der Waals surface area contributed by atoms with Gasteiger partial charge >= 0.3 is 12.4 Å². The fourth-order valence-electron chi connectivity index (χ4n) is 2.95. The van der Waals surface area contributed by atoms with Crippen molar-refractivity contribution in [3.05, 3.63) is 52.8 Å². The lowest BCUT2D eigenvalue weighted by Gasteiger charge is -2.20. The number of nitrogens with one attached hydrogen (secondary N) is 2. The highest BCUT2D eigenvalue weighted by Gasteiger charge is 2.34. The first-order chi connectivity index (χ1) is 14.5. The Balaban J connectivity index is 1.78. The fraction of sp³-hybridized carbons (Fsp3) is 0.421. The monoisotopic (exact) mass is 448 g/mol. The molecule has 3 rings (SSSR count). The summed E-state index contributed by atoms with van der Waals surface area (Å²) < 4.78 is 81.7. The molecule has 2 N–H and O–H groups in total. The van der Waals surface area contributed by atoms with Crippen molar-refractivity contribution in [2.24, 2.45) is 4.99 Å². The molecule has 1 saturated heterocycles. The standard InChI is InChI=1S/C19H18F6N4O2/c20-18(21,22)12-3-1-11(2-4-12)17(30)27-16(26-13-5-7-31-8-6-13)10-14-9-15(29-28-14)19(23,24)25/h1-4,9,13H,5-8,10H2,(H,28,29)(H,26,27,30). The number of nitrogens with zero attached hydrogens (tertiary/aromatic N) is 2. The van der Waals surface area contributed by atoms with E-state index in [9.17, 15) is 31.1 Å². The van der Waals surface area contributed by atoms with E-state index in [1.165, 1.54) is 0 Å². The predicted molar refractivity (Wildman–Crippen MR) is 97.5 cm³/mol. The van der Waals surface area contributed by atoms with Crippen LogP contribution in [0.15, 0.2) is 35.3 Å². The zero-order valence-electron chi connectivity index (χ0n) is 16.0. The van der Waals surface area contributed by atoms with Gasteiger partial charge in [0.2, 0.25) is 0 Å². The predicted octanol–water partition coefficient (Wildman–Crippen LogP) is 4.00. The van der Waals surface area contributed by atoms with Crippen LogP contribution in [-0.2, 0) is 23.5 Å². The average Bonchev–Trinajstić information content (AvgIpc) is 3.17. The van der Waals surface area contributed by atoms with Gasteiger partial charge in [0.05, 0.1) is 11.6 Å². The van der Waals surface area contributed by atoms with E-state index >= 15 is 0 Å². The first-order valence-electron chi connectivity index (χ1n) is 9.27. The molecule has 2 heterocycles. The van der Waals surface area contributed by atoms with E-state index < -0.39 is 29.5 Å². The number of amidine groups is 1. The topological polar surface area (TPSA) is 79.4 Å². The molecule has 0 aliphatic carbocycles. The van der Waals surface area contributed by atoms with Gasteiger partial charge in [-0.1, -0.05) is 0 Å². The van der Waals surface area contributed by atoms with Gasteiger partial charge in [-0.25, -0.2) is 0 Å². The van der Waals surface area contributed by atoms with E-state index in [-0.39, 0.29) is 29.6 Å². The highest BCUT2D eigenvalue weighted by Crippen LogP contribution is 2.29. The maximum absolute atomic E-state index is 12.8. The number of aromatic nitrogens is 2. The van der Waals surface area contributed by atoms with Gasteiger partial charge in [-0.05, 0) is 43.2 Å². The number of aliphatic imine (C=N–C) groups is 1. The SMILES string of the molecule is O=C(NC(Cc1cc(C(F)(F)F)n[nH]1)=NC1CCOCC1)c1ccc(C(F)(F)F)cc1. The van der Waals surface area contributed by atoms with Crippen molar-refractivity contribution in [1.82, 2.24) is 15.5 Å². The third-order valence-corrected chi connectivity index (χ3v) is 4.54. The molecule has 1 fully saturated rings. The quantitative estimate of drug-likeness (QED) is 0.422. The number of amides is 1. The average molecular weight is 448 g/mol. The van der Waals surface area contributed by atoms with E-state index in [0.29, 0.717) is 26.1 Å². The molecule has 1 aromatic carbocycles. The Kier molecular flexibility index (Phi) is 6.68. The molecule has 0 saturated carbocycles. The van der Waals surface area contributed by atoms with Gasteiger partial charge in [-0.2, -0.15) is 31.4 Å². The van der Waals surface area contributed by atoms with Crippen LogP contribution in [-0.4, -0.2) is 41.2 Å².